The molecule has 17 nitrogen and oxygen atoms in total. The standard InChI is InChI=1S/C79H154O17P2/c1-9-70(6)56-48-40-32-24-20-16-12-14-18-22-26-35-43-51-59-76(81)89-65-74(96-79(84)62-54-46-37-29-28-34-42-50-58-72(8)11-3)67-93-97(85,86)91-63-73(80)64-92-98(87,88)94-68-75(66-90-77(82)60-52-44-38-30-31-39-47-55-69(4)5)95-78(83)61-53-45-36-27-23-19-15-13-17-21-25-33-41-49-57-71(7)10-2/h69-75,80H,9-68H2,1-8H3,(H,85,86)(H,87,88)/t70?,71?,72?,73?,74-,75-/m1/s1. The van der Waals surface area contributed by atoms with Crippen molar-refractivity contribution in [2.75, 3.05) is 39.6 Å². The summed E-state index contributed by atoms with van der Waals surface area (Å²) in [7, 11) is -9.92. The van der Waals surface area contributed by atoms with E-state index in [1.165, 1.54) is 199 Å². The van der Waals surface area contributed by atoms with Crippen molar-refractivity contribution in [2.45, 2.75) is 420 Å². The molecule has 0 spiro atoms. The van der Waals surface area contributed by atoms with E-state index in [-0.39, 0.29) is 25.7 Å². The summed E-state index contributed by atoms with van der Waals surface area (Å²) >= 11 is 0. The van der Waals surface area contributed by atoms with Crippen molar-refractivity contribution in [3.8, 4) is 0 Å². The van der Waals surface area contributed by atoms with Crippen molar-refractivity contribution in [1.82, 2.24) is 0 Å². The smallest absolute Gasteiger partial charge is 0.462 e. The summed E-state index contributed by atoms with van der Waals surface area (Å²) in [4.78, 5) is 72.9. The van der Waals surface area contributed by atoms with Crippen LogP contribution in [0.15, 0.2) is 0 Å². The molecule has 0 saturated heterocycles. The summed E-state index contributed by atoms with van der Waals surface area (Å²) in [6, 6.07) is 0. The van der Waals surface area contributed by atoms with E-state index in [0.29, 0.717) is 31.6 Å². The molecule has 0 aliphatic heterocycles. The number of aliphatic hydroxyl groups excluding tert-OH is 1. The van der Waals surface area contributed by atoms with Gasteiger partial charge in [0.25, 0.3) is 0 Å². The second-order valence-electron chi connectivity index (χ2n) is 29.7. The molecule has 0 amide bonds. The summed E-state index contributed by atoms with van der Waals surface area (Å²) in [5.74, 6) is 1.05. The highest BCUT2D eigenvalue weighted by atomic mass is 31.2. The largest absolute Gasteiger partial charge is 0.472 e. The van der Waals surface area contributed by atoms with Crippen LogP contribution in [0.5, 0.6) is 0 Å². The second kappa shape index (κ2) is 68.2. The van der Waals surface area contributed by atoms with Gasteiger partial charge in [0.15, 0.2) is 12.2 Å². The van der Waals surface area contributed by atoms with Gasteiger partial charge in [-0.15, -0.1) is 0 Å². The van der Waals surface area contributed by atoms with Crippen LogP contribution < -0.4 is 0 Å². The fourth-order valence-corrected chi connectivity index (χ4v) is 13.6. The van der Waals surface area contributed by atoms with E-state index in [1.54, 1.807) is 0 Å². The third-order valence-electron chi connectivity index (χ3n) is 19.4. The molecule has 582 valence electrons. The molecule has 0 aliphatic carbocycles. The molecule has 0 heterocycles. The van der Waals surface area contributed by atoms with Gasteiger partial charge in [-0.1, -0.05) is 351 Å². The van der Waals surface area contributed by atoms with Crippen LogP contribution in [0.25, 0.3) is 0 Å². The van der Waals surface area contributed by atoms with Gasteiger partial charge in [0.2, 0.25) is 0 Å². The number of carbonyl (C=O) groups is 4. The number of esters is 4. The molecule has 0 rings (SSSR count). The molecule has 0 bridgehead atoms. The van der Waals surface area contributed by atoms with Crippen LogP contribution in [0, 0.1) is 23.7 Å². The lowest BCUT2D eigenvalue weighted by atomic mass is 9.99. The molecule has 19 heteroatoms. The highest BCUT2D eigenvalue weighted by Gasteiger charge is 2.30. The van der Waals surface area contributed by atoms with Gasteiger partial charge in [-0.25, -0.2) is 9.13 Å². The Morgan fingerprint density at radius 1 is 0.286 bits per heavy atom. The van der Waals surface area contributed by atoms with Gasteiger partial charge >= 0.3 is 39.5 Å². The molecule has 0 saturated carbocycles. The first-order valence-electron chi connectivity index (χ1n) is 40.8. The van der Waals surface area contributed by atoms with Crippen LogP contribution in [0.4, 0.5) is 0 Å². The van der Waals surface area contributed by atoms with Crippen LogP contribution in [-0.2, 0) is 65.4 Å². The first kappa shape index (κ1) is 96.1. The van der Waals surface area contributed by atoms with E-state index < -0.39 is 97.5 Å². The number of hydrogen-bond acceptors (Lipinski definition) is 15. The van der Waals surface area contributed by atoms with Crippen molar-refractivity contribution in [3.05, 3.63) is 0 Å². The van der Waals surface area contributed by atoms with E-state index in [9.17, 15) is 43.2 Å². The normalized spacial score (nSPS) is 14.9. The van der Waals surface area contributed by atoms with E-state index in [1.807, 2.05) is 0 Å². The Balaban J connectivity index is 5.22. The quantitative estimate of drug-likeness (QED) is 0.0222. The lowest BCUT2D eigenvalue weighted by Crippen LogP contribution is -2.30. The van der Waals surface area contributed by atoms with Gasteiger partial charge in [0, 0.05) is 25.7 Å². The molecule has 0 radical (unpaired) electrons. The lowest BCUT2D eigenvalue weighted by molar-refractivity contribution is -0.161. The Labute approximate surface area is 600 Å². The zero-order valence-corrected chi connectivity index (χ0v) is 66.2. The molecule has 6 unspecified atom stereocenters. The zero-order chi connectivity index (χ0) is 72.4. The number of unbranched alkanes of at least 4 members (excludes halogenated alkanes) is 39. The summed E-state index contributed by atoms with van der Waals surface area (Å²) in [6.07, 6.45) is 54.0. The van der Waals surface area contributed by atoms with Crippen LogP contribution in [0.3, 0.4) is 0 Å². The second-order valence-corrected chi connectivity index (χ2v) is 32.6. The number of hydrogen-bond donors (Lipinski definition) is 3. The molecular formula is C79H154O17P2. The fraction of sp³-hybridized carbons (Fsp3) is 0.949. The van der Waals surface area contributed by atoms with Gasteiger partial charge in [-0.2, -0.15) is 0 Å². The molecule has 3 N–H and O–H groups in total. The molecular weight excluding hydrogens is 1280 g/mol. The minimum absolute atomic E-state index is 0.105. The molecule has 0 aromatic heterocycles. The van der Waals surface area contributed by atoms with Crippen molar-refractivity contribution in [3.63, 3.8) is 0 Å². The Morgan fingerprint density at radius 2 is 0.490 bits per heavy atom. The fourth-order valence-electron chi connectivity index (χ4n) is 12.0. The predicted molar refractivity (Wildman–Crippen MR) is 400 cm³/mol. The van der Waals surface area contributed by atoms with Gasteiger partial charge in [0.05, 0.1) is 26.4 Å². The first-order valence-corrected chi connectivity index (χ1v) is 43.8. The monoisotopic (exact) mass is 1440 g/mol. The van der Waals surface area contributed by atoms with Gasteiger partial charge in [-0.3, -0.25) is 37.3 Å². The van der Waals surface area contributed by atoms with Crippen molar-refractivity contribution < 1.29 is 80.2 Å². The summed E-state index contributed by atoms with van der Waals surface area (Å²) in [5, 5.41) is 10.6. The molecule has 0 aromatic carbocycles. The summed E-state index contributed by atoms with van der Waals surface area (Å²) < 4.78 is 68.6. The van der Waals surface area contributed by atoms with E-state index >= 15 is 0 Å². The van der Waals surface area contributed by atoms with Crippen LogP contribution >= 0.6 is 15.6 Å². The van der Waals surface area contributed by atoms with Gasteiger partial charge in [-0.05, 0) is 49.4 Å². The Hall–Kier alpha value is -1.94. The Bertz CT molecular complexity index is 1930. The maximum atomic E-state index is 13.1. The third-order valence-corrected chi connectivity index (χ3v) is 21.3. The number of aliphatic hydroxyl groups is 1. The third kappa shape index (κ3) is 68.5. The molecule has 0 aliphatic rings. The SMILES string of the molecule is CCC(C)CCCCCCCCCCCCCCCCC(=O)OC[C@H](COP(=O)(O)OCC(O)COP(=O)(O)OC[C@@H](COC(=O)CCCCCCCCCC(C)C)OC(=O)CCCCCCCCCCCCCCCCC(C)CC)OC(=O)CCCCCCCCCCC(C)CC. The van der Waals surface area contributed by atoms with Crippen molar-refractivity contribution in [2.24, 2.45) is 23.7 Å². The average Bonchev–Trinajstić information content (AvgIpc) is 0.995. The lowest BCUT2D eigenvalue weighted by Gasteiger charge is -2.21. The van der Waals surface area contributed by atoms with E-state index in [2.05, 4.69) is 55.4 Å². The van der Waals surface area contributed by atoms with Crippen LogP contribution in [-0.4, -0.2) is 96.7 Å². The van der Waals surface area contributed by atoms with E-state index in [0.717, 1.165) is 114 Å². The minimum Gasteiger partial charge on any atom is -0.462 e. The van der Waals surface area contributed by atoms with Crippen LogP contribution in [0.2, 0.25) is 0 Å². The Kier molecular flexibility index (Phi) is 66.8. The molecule has 98 heavy (non-hydrogen) atoms. The summed E-state index contributed by atoms with van der Waals surface area (Å²) in [5.41, 5.74) is 0. The highest BCUT2D eigenvalue weighted by Crippen LogP contribution is 2.45. The minimum atomic E-state index is -4.96. The molecule has 0 fully saturated rings. The van der Waals surface area contributed by atoms with Crippen molar-refractivity contribution >= 4 is 39.5 Å². The highest BCUT2D eigenvalue weighted by molar-refractivity contribution is 7.47. The maximum Gasteiger partial charge on any atom is 0.472 e. The van der Waals surface area contributed by atoms with Crippen molar-refractivity contribution in [1.29, 1.82) is 0 Å². The number of phosphoric acid groups is 2. The predicted octanol–water partition coefficient (Wildman–Crippen LogP) is 23.2. The molecule has 8 atom stereocenters. The van der Waals surface area contributed by atoms with E-state index in [4.69, 9.17) is 37.0 Å². The topological polar surface area (TPSA) is 237 Å². The van der Waals surface area contributed by atoms with Crippen LogP contribution in [0.1, 0.15) is 402 Å². The number of rotatable bonds is 76. The summed E-state index contributed by atoms with van der Waals surface area (Å²) in [6.45, 7) is 14.3. The average molecular weight is 1440 g/mol. The zero-order valence-electron chi connectivity index (χ0n) is 64.4. The Morgan fingerprint density at radius 3 is 0.724 bits per heavy atom. The number of carbonyl (C=O) groups excluding carboxylic acids is 4. The first-order chi connectivity index (χ1) is 47.2. The van der Waals surface area contributed by atoms with Gasteiger partial charge in [0.1, 0.15) is 19.3 Å². The van der Waals surface area contributed by atoms with Gasteiger partial charge < -0.3 is 33.8 Å². The number of phosphoric ester groups is 2. The number of ether oxygens (including phenoxy) is 4. The maximum absolute atomic E-state index is 13.1. The molecule has 0 aromatic rings.